The van der Waals surface area contributed by atoms with Crippen LogP contribution in [-0.4, -0.2) is 61.5 Å². The SMILES string of the molecule is COc1c(NC(=O)c2ccc(Cl)c(N=NC(C(C)=O)C(=O)Nc3ccc(NC(=O)C(N=Nc4cc(C(=O)Nc5cccc(C(C)Cl)c5OC)ccc4Cl)C(C)=O)c(CCl)c3)c2)cccc1C(C)Cl. The highest BCUT2D eigenvalue weighted by Gasteiger charge is 2.27. The highest BCUT2D eigenvalue weighted by Crippen LogP contribution is 2.38. The number of benzene rings is 5. The first-order valence-corrected chi connectivity index (χ1v) is 22.5. The molecule has 0 aliphatic rings. The number of Topliss-reactive ketones (excluding diaryl/α,β-unsaturated/α-hetero) is 2. The molecule has 0 saturated carbocycles. The average Bonchev–Trinajstić information content (AvgIpc) is 3.30. The molecule has 0 saturated heterocycles. The first-order chi connectivity index (χ1) is 32.4. The molecule has 21 heteroatoms. The fraction of sp³-hybridized carbons (Fsp3) is 0.234. The van der Waals surface area contributed by atoms with E-state index in [0.717, 1.165) is 13.8 Å². The Balaban J connectivity index is 1.27. The molecular weight excluding hydrogens is 982 g/mol. The standard InChI is InChI=1S/C47H43Cl5N8O8/c1-23(49)31-9-7-11-36(42(31)67-5)55-44(63)27-13-16-33(51)38(20-27)57-59-40(25(3)61)46(65)53-30-15-18-35(29(19-30)22-48)54-47(66)41(26(4)62)60-58-39-21-28(14-17-34(39)52)45(64)56-37-12-8-10-32(24(2)50)43(37)68-6/h7-21,23-24,40-41H,22H2,1-6H3,(H,53,65)(H,54,66)(H,55,63)(H,56,64). The number of ether oxygens (including phenoxy) is 2. The van der Waals surface area contributed by atoms with E-state index in [2.05, 4.69) is 41.7 Å². The Labute approximate surface area is 416 Å². The largest absolute Gasteiger partial charge is 0.494 e. The topological polar surface area (TPSA) is 218 Å². The second kappa shape index (κ2) is 24.0. The van der Waals surface area contributed by atoms with Crippen molar-refractivity contribution in [3.63, 3.8) is 0 Å². The number of hydrogen-bond donors (Lipinski definition) is 4. The molecule has 4 unspecified atom stereocenters. The van der Waals surface area contributed by atoms with E-state index in [1.165, 1.54) is 68.8 Å². The zero-order valence-electron chi connectivity index (χ0n) is 37.1. The molecule has 0 aliphatic carbocycles. The molecular formula is C47H43Cl5N8O8. The number of nitrogens with one attached hydrogen (secondary N) is 4. The van der Waals surface area contributed by atoms with Crippen molar-refractivity contribution in [1.29, 1.82) is 0 Å². The zero-order valence-corrected chi connectivity index (χ0v) is 40.9. The monoisotopic (exact) mass is 1020 g/mol. The van der Waals surface area contributed by atoms with Crippen LogP contribution in [0.15, 0.2) is 111 Å². The molecule has 0 spiro atoms. The fourth-order valence-electron chi connectivity index (χ4n) is 6.43. The molecule has 5 rings (SSSR count). The third-order valence-corrected chi connectivity index (χ3v) is 11.3. The minimum Gasteiger partial charge on any atom is -0.494 e. The van der Waals surface area contributed by atoms with Gasteiger partial charge in [0.05, 0.1) is 46.4 Å². The Morgan fingerprint density at radius 2 is 1.01 bits per heavy atom. The first-order valence-electron chi connectivity index (χ1n) is 20.3. The number of carbonyl (C=O) groups excluding carboxylic acids is 6. The zero-order chi connectivity index (χ0) is 49.8. The van der Waals surface area contributed by atoms with Crippen molar-refractivity contribution < 1.29 is 38.2 Å². The van der Waals surface area contributed by atoms with Crippen LogP contribution in [0.3, 0.4) is 0 Å². The Bertz CT molecular complexity index is 2820. The third-order valence-electron chi connectivity index (χ3n) is 9.87. The number of azo groups is 2. The minimum absolute atomic E-state index is 0.000797. The Morgan fingerprint density at radius 1 is 0.574 bits per heavy atom. The minimum atomic E-state index is -1.65. The van der Waals surface area contributed by atoms with Gasteiger partial charge in [0, 0.05) is 39.5 Å². The van der Waals surface area contributed by atoms with Gasteiger partial charge >= 0.3 is 0 Å². The molecule has 4 N–H and O–H groups in total. The highest BCUT2D eigenvalue weighted by molar-refractivity contribution is 6.33. The second-order valence-electron chi connectivity index (χ2n) is 14.8. The summed E-state index contributed by atoms with van der Waals surface area (Å²) in [6, 6.07) is 19.7. The van der Waals surface area contributed by atoms with E-state index in [9.17, 15) is 28.8 Å². The number of alkyl halides is 3. The van der Waals surface area contributed by atoms with Crippen molar-refractivity contribution in [3.8, 4) is 11.5 Å². The number of carbonyl (C=O) groups is 6. The molecule has 0 heterocycles. The Hall–Kier alpha value is -6.43. The van der Waals surface area contributed by atoms with Crippen molar-refractivity contribution in [2.24, 2.45) is 20.5 Å². The highest BCUT2D eigenvalue weighted by atomic mass is 35.5. The summed E-state index contributed by atoms with van der Waals surface area (Å²) in [5.41, 5.74) is 3.02. The normalized spacial score (nSPS) is 13.0. The van der Waals surface area contributed by atoms with E-state index < -0.39 is 58.0 Å². The maximum Gasteiger partial charge on any atom is 0.258 e. The van der Waals surface area contributed by atoms with Crippen molar-refractivity contribution in [2.75, 3.05) is 35.5 Å². The Kier molecular flexibility index (Phi) is 18.6. The van der Waals surface area contributed by atoms with Crippen LogP contribution in [0.2, 0.25) is 10.0 Å². The quantitative estimate of drug-likeness (QED) is 0.0353. The van der Waals surface area contributed by atoms with E-state index in [4.69, 9.17) is 67.5 Å². The third kappa shape index (κ3) is 13.2. The summed E-state index contributed by atoms with van der Waals surface area (Å²) >= 11 is 31.5. The molecule has 0 aromatic heterocycles. The molecule has 5 aromatic rings. The van der Waals surface area contributed by atoms with Gasteiger partial charge in [-0.2, -0.15) is 20.5 Å². The number of halogens is 5. The van der Waals surface area contributed by atoms with Crippen molar-refractivity contribution in [1.82, 2.24) is 0 Å². The number of ketones is 2. The summed E-state index contributed by atoms with van der Waals surface area (Å²) < 4.78 is 11.0. The van der Waals surface area contributed by atoms with Gasteiger partial charge in [-0.1, -0.05) is 47.5 Å². The number of nitrogens with zero attached hydrogens (tertiary/aromatic N) is 4. The molecule has 354 valence electrons. The number of hydrogen-bond acceptors (Lipinski definition) is 12. The number of methoxy groups -OCH3 is 2. The van der Waals surface area contributed by atoms with Gasteiger partial charge in [0.15, 0.2) is 11.6 Å². The van der Waals surface area contributed by atoms with Gasteiger partial charge in [-0.15, -0.1) is 34.8 Å². The molecule has 68 heavy (non-hydrogen) atoms. The molecule has 0 fully saturated rings. The van der Waals surface area contributed by atoms with E-state index >= 15 is 0 Å². The molecule has 16 nitrogen and oxygen atoms in total. The number of rotatable bonds is 19. The van der Waals surface area contributed by atoms with Crippen LogP contribution in [0, 0.1) is 0 Å². The van der Waals surface area contributed by atoms with E-state index in [-0.39, 0.29) is 49.8 Å². The Morgan fingerprint density at radius 3 is 1.41 bits per heavy atom. The van der Waals surface area contributed by atoms with E-state index in [1.54, 1.807) is 50.2 Å². The summed E-state index contributed by atoms with van der Waals surface area (Å²) in [4.78, 5) is 78.8. The van der Waals surface area contributed by atoms with Gasteiger partial charge in [-0.3, -0.25) is 28.8 Å². The lowest BCUT2D eigenvalue weighted by Crippen LogP contribution is -2.32. The van der Waals surface area contributed by atoms with Crippen LogP contribution >= 0.6 is 58.0 Å². The number of amides is 4. The van der Waals surface area contributed by atoms with Gasteiger partial charge in [0.2, 0.25) is 12.1 Å². The van der Waals surface area contributed by atoms with Crippen LogP contribution in [0.4, 0.5) is 34.1 Å². The number of anilines is 4. The van der Waals surface area contributed by atoms with Crippen LogP contribution in [-0.2, 0) is 25.1 Å². The maximum atomic E-state index is 13.5. The summed E-state index contributed by atoms with van der Waals surface area (Å²) in [6.07, 6.45) is 0. The lowest BCUT2D eigenvalue weighted by molar-refractivity contribution is -0.127. The van der Waals surface area contributed by atoms with Gasteiger partial charge in [0.1, 0.15) is 22.9 Å². The molecule has 4 amide bonds. The lowest BCUT2D eigenvalue weighted by atomic mass is 10.1. The smallest absolute Gasteiger partial charge is 0.258 e. The summed E-state index contributed by atoms with van der Waals surface area (Å²) in [6.45, 7) is 5.83. The summed E-state index contributed by atoms with van der Waals surface area (Å²) in [7, 11) is 2.92. The molecule has 4 atom stereocenters. The molecule has 5 aromatic carbocycles. The van der Waals surface area contributed by atoms with Gasteiger partial charge < -0.3 is 30.7 Å². The summed E-state index contributed by atoms with van der Waals surface area (Å²) in [5, 5.41) is 26.1. The average molecular weight is 1030 g/mol. The van der Waals surface area contributed by atoms with Gasteiger partial charge in [0.25, 0.3) is 23.6 Å². The molecule has 0 radical (unpaired) electrons. The predicted octanol–water partition coefficient (Wildman–Crippen LogP) is 12.2. The van der Waals surface area contributed by atoms with Gasteiger partial charge in [-0.25, -0.2) is 0 Å². The molecule has 0 bridgehead atoms. The lowest BCUT2D eigenvalue weighted by Gasteiger charge is -2.16. The van der Waals surface area contributed by atoms with Crippen LogP contribution in [0.1, 0.15) is 75.9 Å². The predicted molar refractivity (Wildman–Crippen MR) is 265 cm³/mol. The fourth-order valence-corrected chi connectivity index (χ4v) is 7.31. The van der Waals surface area contributed by atoms with Crippen LogP contribution < -0.4 is 30.7 Å². The van der Waals surface area contributed by atoms with Crippen molar-refractivity contribution >= 4 is 127 Å². The van der Waals surface area contributed by atoms with Crippen LogP contribution in [0.5, 0.6) is 11.5 Å². The van der Waals surface area contributed by atoms with Gasteiger partial charge in [-0.05, 0) is 100.0 Å². The number of para-hydroxylation sites is 2. The first kappa shape index (κ1) is 52.5. The second-order valence-corrected chi connectivity index (χ2v) is 17.2. The maximum absolute atomic E-state index is 13.5. The van der Waals surface area contributed by atoms with Crippen LogP contribution in [0.25, 0.3) is 0 Å². The molecule has 0 aliphatic heterocycles. The summed E-state index contributed by atoms with van der Waals surface area (Å²) in [5.74, 6) is -3.53. The van der Waals surface area contributed by atoms with E-state index in [0.29, 0.717) is 39.6 Å². The van der Waals surface area contributed by atoms with Crippen molar-refractivity contribution in [3.05, 3.63) is 129 Å². The van der Waals surface area contributed by atoms with E-state index in [1.807, 2.05) is 0 Å². The van der Waals surface area contributed by atoms with Crippen molar-refractivity contribution in [2.45, 2.75) is 56.4 Å².